The number of ether oxygens (including phenoxy) is 1. The number of hydrogen-bond donors (Lipinski definition) is 2. The lowest BCUT2D eigenvalue weighted by Gasteiger charge is -2.03. The zero-order chi connectivity index (χ0) is 13.7. The van der Waals surface area contributed by atoms with E-state index in [-0.39, 0.29) is 5.75 Å². The van der Waals surface area contributed by atoms with Gasteiger partial charge in [-0.25, -0.2) is 0 Å². The van der Waals surface area contributed by atoms with E-state index in [1.54, 1.807) is 18.3 Å². The second-order valence-corrected chi connectivity index (χ2v) is 4.17. The molecular formula is C15H16N2O2. The Balaban J connectivity index is 2.02. The summed E-state index contributed by atoms with van der Waals surface area (Å²) in [6, 6.07) is 13.0. The Morgan fingerprint density at radius 1 is 1.16 bits per heavy atom. The van der Waals surface area contributed by atoms with E-state index >= 15 is 0 Å². The average Bonchev–Trinajstić information content (AvgIpc) is 2.41. The number of anilines is 1. The highest BCUT2D eigenvalue weighted by Crippen LogP contribution is 2.25. The summed E-state index contributed by atoms with van der Waals surface area (Å²) in [4.78, 5) is 0. The van der Waals surface area contributed by atoms with Gasteiger partial charge >= 0.3 is 0 Å². The number of phenols is 1. The summed E-state index contributed by atoms with van der Waals surface area (Å²) in [5.74, 6) is 0.547. The minimum atomic E-state index is 0.0989. The highest BCUT2D eigenvalue weighted by molar-refractivity contribution is 5.81. The molecule has 0 atom stereocenters. The van der Waals surface area contributed by atoms with Crippen molar-refractivity contribution in [1.29, 1.82) is 0 Å². The Labute approximate surface area is 112 Å². The van der Waals surface area contributed by atoms with Crippen molar-refractivity contribution in [3.8, 4) is 11.5 Å². The molecule has 2 aromatic carbocycles. The number of nitrogens with zero attached hydrogens (tertiary/aromatic N) is 1. The molecule has 0 bridgehead atoms. The lowest BCUT2D eigenvalue weighted by molar-refractivity contribution is 0.373. The molecule has 0 heterocycles. The van der Waals surface area contributed by atoms with Crippen LogP contribution >= 0.6 is 0 Å². The fraction of sp³-hybridized carbons (Fsp3) is 0.133. The normalized spacial score (nSPS) is 10.6. The van der Waals surface area contributed by atoms with Gasteiger partial charge in [0.25, 0.3) is 0 Å². The number of hydrogen-bond acceptors (Lipinski definition) is 4. The molecule has 98 valence electrons. The van der Waals surface area contributed by atoms with Crippen molar-refractivity contribution in [3.05, 3.63) is 53.6 Å². The Morgan fingerprint density at radius 2 is 1.89 bits per heavy atom. The van der Waals surface area contributed by atoms with Crippen LogP contribution in [0.5, 0.6) is 11.5 Å². The summed E-state index contributed by atoms with van der Waals surface area (Å²) < 4.78 is 4.97. The molecule has 4 heteroatoms. The zero-order valence-corrected chi connectivity index (χ0v) is 10.9. The van der Waals surface area contributed by atoms with Crippen molar-refractivity contribution < 1.29 is 9.84 Å². The molecule has 2 aromatic rings. The molecule has 0 aliphatic carbocycles. The maximum absolute atomic E-state index is 9.63. The first-order valence-corrected chi connectivity index (χ1v) is 5.92. The molecule has 0 spiro atoms. The summed E-state index contributed by atoms with van der Waals surface area (Å²) >= 11 is 0. The van der Waals surface area contributed by atoms with Gasteiger partial charge in [-0.2, -0.15) is 5.10 Å². The highest BCUT2D eigenvalue weighted by atomic mass is 16.5. The van der Waals surface area contributed by atoms with Crippen LogP contribution in [-0.2, 0) is 0 Å². The second kappa shape index (κ2) is 5.91. The molecule has 0 fully saturated rings. The second-order valence-electron chi connectivity index (χ2n) is 4.17. The third-order valence-electron chi connectivity index (χ3n) is 2.66. The predicted molar refractivity (Wildman–Crippen MR) is 77.1 cm³/mol. The number of phenolic OH excluding ortho intramolecular Hbond substituents is 1. The van der Waals surface area contributed by atoms with Crippen molar-refractivity contribution in [1.82, 2.24) is 0 Å². The number of hydrazone groups is 1. The van der Waals surface area contributed by atoms with Crippen LogP contribution < -0.4 is 10.2 Å². The number of benzene rings is 2. The quantitative estimate of drug-likeness (QED) is 0.652. The van der Waals surface area contributed by atoms with E-state index in [1.165, 1.54) is 12.7 Å². The topological polar surface area (TPSA) is 53.8 Å². The zero-order valence-electron chi connectivity index (χ0n) is 10.9. The minimum Gasteiger partial charge on any atom is -0.504 e. The Morgan fingerprint density at radius 3 is 2.53 bits per heavy atom. The Bertz CT molecular complexity index is 577. The van der Waals surface area contributed by atoms with Gasteiger partial charge in [0, 0.05) is 0 Å². The maximum Gasteiger partial charge on any atom is 0.160 e. The molecule has 19 heavy (non-hydrogen) atoms. The predicted octanol–water partition coefficient (Wildman–Crippen LogP) is 3.16. The van der Waals surface area contributed by atoms with Gasteiger partial charge in [0.15, 0.2) is 11.5 Å². The lowest BCUT2D eigenvalue weighted by Crippen LogP contribution is -1.91. The fourth-order valence-corrected chi connectivity index (χ4v) is 1.60. The third-order valence-corrected chi connectivity index (χ3v) is 2.66. The van der Waals surface area contributed by atoms with E-state index in [0.717, 1.165) is 11.3 Å². The van der Waals surface area contributed by atoms with Gasteiger partial charge in [0.1, 0.15) is 0 Å². The van der Waals surface area contributed by atoms with Gasteiger partial charge in [0.2, 0.25) is 0 Å². The summed E-state index contributed by atoms with van der Waals surface area (Å²) in [7, 11) is 1.52. The van der Waals surface area contributed by atoms with Gasteiger partial charge in [-0.3, -0.25) is 5.43 Å². The van der Waals surface area contributed by atoms with Gasteiger partial charge in [0.05, 0.1) is 19.0 Å². The van der Waals surface area contributed by atoms with Crippen molar-refractivity contribution >= 4 is 11.9 Å². The van der Waals surface area contributed by atoms with E-state index in [4.69, 9.17) is 4.74 Å². The first-order chi connectivity index (χ1) is 9.19. The minimum absolute atomic E-state index is 0.0989. The third kappa shape index (κ3) is 3.48. The summed E-state index contributed by atoms with van der Waals surface area (Å²) in [5.41, 5.74) is 5.83. The summed E-state index contributed by atoms with van der Waals surface area (Å²) in [6.07, 6.45) is 1.64. The van der Waals surface area contributed by atoms with Crippen LogP contribution in [0.25, 0.3) is 0 Å². The number of nitrogens with one attached hydrogen (secondary N) is 1. The molecule has 0 radical (unpaired) electrons. The van der Waals surface area contributed by atoms with E-state index < -0.39 is 0 Å². The van der Waals surface area contributed by atoms with Crippen LogP contribution in [0.1, 0.15) is 11.1 Å². The molecule has 2 rings (SSSR count). The van der Waals surface area contributed by atoms with Gasteiger partial charge < -0.3 is 9.84 Å². The number of methoxy groups -OCH3 is 1. The SMILES string of the molecule is COc1ccc(/C=N\Nc2ccc(C)cc2)cc1O. The smallest absolute Gasteiger partial charge is 0.160 e. The molecule has 0 saturated heterocycles. The van der Waals surface area contributed by atoms with E-state index in [0.29, 0.717) is 5.75 Å². The molecule has 0 unspecified atom stereocenters. The first kappa shape index (κ1) is 13.0. The standard InChI is InChI=1S/C15H16N2O2/c1-11-3-6-13(7-4-11)17-16-10-12-5-8-15(19-2)14(18)9-12/h3-10,17-18H,1-2H3/b16-10-. The molecule has 2 N–H and O–H groups in total. The fourth-order valence-electron chi connectivity index (χ4n) is 1.60. The molecule has 0 amide bonds. The van der Waals surface area contributed by atoms with Crippen molar-refractivity contribution in [2.75, 3.05) is 12.5 Å². The molecular weight excluding hydrogens is 240 g/mol. The Hall–Kier alpha value is -2.49. The molecule has 0 saturated carbocycles. The van der Waals surface area contributed by atoms with Gasteiger partial charge in [-0.15, -0.1) is 0 Å². The molecule has 0 aliphatic rings. The van der Waals surface area contributed by atoms with Crippen molar-refractivity contribution in [3.63, 3.8) is 0 Å². The lowest BCUT2D eigenvalue weighted by atomic mass is 10.2. The van der Waals surface area contributed by atoms with Crippen LogP contribution in [-0.4, -0.2) is 18.4 Å². The van der Waals surface area contributed by atoms with Crippen LogP contribution in [0.15, 0.2) is 47.6 Å². The van der Waals surface area contributed by atoms with Crippen molar-refractivity contribution in [2.24, 2.45) is 5.10 Å². The summed E-state index contributed by atoms with van der Waals surface area (Å²) in [6.45, 7) is 2.03. The average molecular weight is 256 g/mol. The molecule has 0 aromatic heterocycles. The maximum atomic E-state index is 9.63. The van der Waals surface area contributed by atoms with Crippen LogP contribution in [0, 0.1) is 6.92 Å². The van der Waals surface area contributed by atoms with Crippen LogP contribution in [0.2, 0.25) is 0 Å². The first-order valence-electron chi connectivity index (χ1n) is 5.92. The van der Waals surface area contributed by atoms with Gasteiger partial charge in [-0.05, 0) is 42.8 Å². The molecule has 0 aliphatic heterocycles. The monoisotopic (exact) mass is 256 g/mol. The molecule has 4 nitrogen and oxygen atoms in total. The van der Waals surface area contributed by atoms with E-state index in [1.807, 2.05) is 37.3 Å². The Kier molecular flexibility index (Phi) is 4.03. The number of rotatable bonds is 4. The highest BCUT2D eigenvalue weighted by Gasteiger charge is 2.00. The van der Waals surface area contributed by atoms with Gasteiger partial charge in [-0.1, -0.05) is 17.7 Å². The van der Waals surface area contributed by atoms with Crippen molar-refractivity contribution in [2.45, 2.75) is 6.92 Å². The van der Waals surface area contributed by atoms with Crippen LogP contribution in [0.3, 0.4) is 0 Å². The van der Waals surface area contributed by atoms with E-state index in [2.05, 4.69) is 10.5 Å². The summed E-state index contributed by atoms with van der Waals surface area (Å²) in [5, 5.41) is 13.7. The number of aryl methyl sites for hydroxylation is 1. The van der Waals surface area contributed by atoms with E-state index in [9.17, 15) is 5.11 Å². The largest absolute Gasteiger partial charge is 0.504 e. The number of aromatic hydroxyl groups is 1. The van der Waals surface area contributed by atoms with Crippen LogP contribution in [0.4, 0.5) is 5.69 Å².